The maximum absolute atomic E-state index is 9.15. The molecule has 0 saturated heterocycles. The summed E-state index contributed by atoms with van der Waals surface area (Å²) in [6.45, 7) is 0. The number of methoxy groups -OCH3 is 2. The largest absolute Gasteiger partial charge is 0.505 e. The molecular formula is C4H14NO6P. The van der Waals surface area contributed by atoms with Crippen LogP contribution in [0.3, 0.4) is 0 Å². The lowest BCUT2D eigenvalue weighted by atomic mass is 11.4. The molecule has 76 valence electrons. The Hall–Kier alpha value is -1.07. The highest BCUT2D eigenvalue weighted by Crippen LogP contribution is 1.61. The molecule has 0 rings (SSSR count). The Morgan fingerprint density at radius 3 is 1.08 bits per heavy atom. The van der Waals surface area contributed by atoms with Gasteiger partial charge in [0.1, 0.15) is 0 Å². The zero-order valence-electron chi connectivity index (χ0n) is 6.94. The summed E-state index contributed by atoms with van der Waals surface area (Å²) in [5, 5.41) is 15.0. The van der Waals surface area contributed by atoms with Crippen molar-refractivity contribution in [1.29, 1.82) is 0 Å². The molecule has 0 aromatic carbocycles. The third-order valence-electron chi connectivity index (χ3n) is 0.349. The van der Waals surface area contributed by atoms with Gasteiger partial charge in [0.05, 0.1) is 14.2 Å². The van der Waals surface area contributed by atoms with Gasteiger partial charge in [0, 0.05) is 0 Å². The van der Waals surface area contributed by atoms with Crippen LogP contribution in [0.4, 0.5) is 9.59 Å². The number of hydrogen-bond donors (Lipinski definition) is 3. The Kier molecular flexibility index (Phi) is 30.8. The first kappa shape index (κ1) is 22.4. The predicted molar refractivity (Wildman–Crippen MR) is 46.2 cm³/mol. The summed E-state index contributed by atoms with van der Waals surface area (Å²) < 4.78 is 7.33. The molecule has 0 aliphatic carbocycles. The van der Waals surface area contributed by atoms with Gasteiger partial charge in [-0.1, -0.05) is 0 Å². The number of carbonyl (C=O) groups is 2. The summed E-state index contributed by atoms with van der Waals surface area (Å²) in [6, 6.07) is 0. The standard InChI is InChI=1S/2C2H4O3.H3N.H3P/c2*1-5-2(3)4;;/h2*1H3,(H,3,4);2*1H3. The van der Waals surface area contributed by atoms with Crippen LogP contribution in [0.25, 0.3) is 0 Å². The first-order valence-corrected chi connectivity index (χ1v) is 2.08. The van der Waals surface area contributed by atoms with E-state index >= 15 is 0 Å². The van der Waals surface area contributed by atoms with Gasteiger partial charge < -0.3 is 25.8 Å². The zero-order valence-corrected chi connectivity index (χ0v) is 8.36. The molecule has 0 aliphatic heterocycles. The smallest absolute Gasteiger partial charge is 0.450 e. The molecule has 0 radical (unpaired) electrons. The fourth-order valence-corrected chi connectivity index (χ4v) is 0. The summed E-state index contributed by atoms with van der Waals surface area (Å²) in [5.41, 5.74) is 0. The summed E-state index contributed by atoms with van der Waals surface area (Å²) in [6.07, 6.45) is -2.49. The Bertz CT molecular complexity index is 104. The first-order chi connectivity index (χ1) is 4.54. The molecule has 0 aromatic heterocycles. The van der Waals surface area contributed by atoms with E-state index in [1.54, 1.807) is 0 Å². The van der Waals surface area contributed by atoms with Gasteiger partial charge >= 0.3 is 12.3 Å². The van der Waals surface area contributed by atoms with Crippen LogP contribution in [0, 0.1) is 0 Å². The average Bonchev–Trinajstić information content (AvgIpc) is 1.89. The molecular weight excluding hydrogens is 189 g/mol. The average molecular weight is 203 g/mol. The maximum Gasteiger partial charge on any atom is 0.505 e. The molecule has 7 nitrogen and oxygen atoms in total. The molecule has 12 heavy (non-hydrogen) atoms. The Morgan fingerprint density at radius 2 is 1.08 bits per heavy atom. The normalized spacial score (nSPS) is 5.50. The first-order valence-electron chi connectivity index (χ1n) is 2.08. The lowest BCUT2D eigenvalue weighted by Gasteiger charge is -1.79. The topological polar surface area (TPSA) is 128 Å². The molecule has 0 aromatic rings. The minimum Gasteiger partial charge on any atom is -0.450 e. The second-order valence-corrected chi connectivity index (χ2v) is 0.940. The summed E-state index contributed by atoms with van der Waals surface area (Å²) in [7, 11) is 2.20. The van der Waals surface area contributed by atoms with Crippen LogP contribution < -0.4 is 6.15 Å². The third-order valence-corrected chi connectivity index (χ3v) is 0.349. The molecule has 0 heterocycles. The number of hydrogen-bond acceptors (Lipinski definition) is 5. The minimum atomic E-state index is -1.25. The highest BCUT2D eigenvalue weighted by molar-refractivity contribution is 6.92. The maximum atomic E-state index is 9.15. The van der Waals surface area contributed by atoms with Crippen LogP contribution in [-0.4, -0.2) is 36.7 Å². The van der Waals surface area contributed by atoms with Gasteiger partial charge in [-0.25, -0.2) is 9.59 Å². The van der Waals surface area contributed by atoms with Crippen molar-refractivity contribution in [3.05, 3.63) is 0 Å². The van der Waals surface area contributed by atoms with Crippen molar-refractivity contribution < 1.29 is 29.3 Å². The number of rotatable bonds is 0. The molecule has 0 fully saturated rings. The lowest BCUT2D eigenvalue weighted by Crippen LogP contribution is -1.91. The SMILES string of the molecule is COC(=O)O.COC(=O)O.N.P. The van der Waals surface area contributed by atoms with E-state index < -0.39 is 12.3 Å². The zero-order chi connectivity index (χ0) is 8.57. The second kappa shape index (κ2) is 16.5. The van der Waals surface area contributed by atoms with Crippen molar-refractivity contribution in [2.24, 2.45) is 0 Å². The Labute approximate surface area is 72.9 Å². The van der Waals surface area contributed by atoms with Crippen LogP contribution >= 0.6 is 9.90 Å². The fraction of sp³-hybridized carbons (Fsp3) is 0.500. The van der Waals surface area contributed by atoms with Gasteiger partial charge in [0.15, 0.2) is 0 Å². The molecule has 8 heteroatoms. The molecule has 0 aliphatic rings. The summed E-state index contributed by atoms with van der Waals surface area (Å²) in [4.78, 5) is 18.3. The van der Waals surface area contributed by atoms with E-state index in [0.717, 1.165) is 14.2 Å². The Morgan fingerprint density at radius 1 is 1.00 bits per heavy atom. The second-order valence-electron chi connectivity index (χ2n) is 0.940. The van der Waals surface area contributed by atoms with Gasteiger partial charge in [-0.15, -0.1) is 0 Å². The third kappa shape index (κ3) is 65.4. The number of ether oxygens (including phenoxy) is 2. The lowest BCUT2D eigenvalue weighted by molar-refractivity contribution is 0.112. The van der Waals surface area contributed by atoms with Crippen molar-refractivity contribution in [3.63, 3.8) is 0 Å². The van der Waals surface area contributed by atoms with Crippen molar-refractivity contribution in [2.45, 2.75) is 0 Å². The van der Waals surface area contributed by atoms with E-state index in [4.69, 9.17) is 19.8 Å². The molecule has 0 bridgehead atoms. The van der Waals surface area contributed by atoms with E-state index in [0.29, 0.717) is 0 Å². The van der Waals surface area contributed by atoms with Crippen molar-refractivity contribution in [2.75, 3.05) is 14.2 Å². The highest BCUT2D eigenvalue weighted by Gasteiger charge is 1.81. The van der Waals surface area contributed by atoms with Crippen LogP contribution in [0.15, 0.2) is 0 Å². The molecule has 0 spiro atoms. The minimum absolute atomic E-state index is 0. The van der Waals surface area contributed by atoms with Crippen LogP contribution in [0.1, 0.15) is 0 Å². The van der Waals surface area contributed by atoms with Gasteiger partial charge in [0.25, 0.3) is 0 Å². The summed E-state index contributed by atoms with van der Waals surface area (Å²) in [5.74, 6) is 0. The van der Waals surface area contributed by atoms with Crippen LogP contribution in [0.5, 0.6) is 0 Å². The van der Waals surface area contributed by atoms with Gasteiger partial charge in [0.2, 0.25) is 0 Å². The molecule has 0 saturated carbocycles. The number of carboxylic acid groups (broad SMARTS) is 2. The van der Waals surface area contributed by atoms with Crippen molar-refractivity contribution in [1.82, 2.24) is 6.15 Å². The van der Waals surface area contributed by atoms with Gasteiger partial charge in [-0.05, 0) is 0 Å². The molecule has 0 amide bonds. The molecule has 5 N–H and O–H groups in total. The summed E-state index contributed by atoms with van der Waals surface area (Å²) >= 11 is 0. The highest BCUT2D eigenvalue weighted by atomic mass is 31.0. The van der Waals surface area contributed by atoms with Crippen molar-refractivity contribution >= 4 is 22.2 Å². The van der Waals surface area contributed by atoms with Gasteiger partial charge in [-0.3, -0.25) is 0 Å². The van der Waals surface area contributed by atoms with Crippen LogP contribution in [-0.2, 0) is 9.47 Å². The quantitative estimate of drug-likeness (QED) is 0.393. The monoisotopic (exact) mass is 203 g/mol. The van der Waals surface area contributed by atoms with Gasteiger partial charge in [-0.2, -0.15) is 9.90 Å². The van der Waals surface area contributed by atoms with E-state index in [2.05, 4.69) is 9.47 Å². The molecule has 1 atom stereocenters. The Balaban J connectivity index is -0.0000000457. The van der Waals surface area contributed by atoms with E-state index in [1.807, 2.05) is 0 Å². The molecule has 1 unspecified atom stereocenters. The van der Waals surface area contributed by atoms with E-state index in [9.17, 15) is 0 Å². The van der Waals surface area contributed by atoms with Crippen LogP contribution in [0.2, 0.25) is 0 Å². The van der Waals surface area contributed by atoms with E-state index in [-0.39, 0.29) is 16.0 Å². The predicted octanol–water partition coefficient (Wildman–Crippen LogP) is 0.842. The van der Waals surface area contributed by atoms with E-state index in [1.165, 1.54) is 0 Å². The van der Waals surface area contributed by atoms with Crippen molar-refractivity contribution in [3.8, 4) is 0 Å². The fourth-order valence-electron chi connectivity index (χ4n) is 0.